The monoisotopic (exact) mass is 548 g/mol. The third-order valence-corrected chi connectivity index (χ3v) is 7.12. The molecule has 39 heavy (non-hydrogen) atoms. The van der Waals surface area contributed by atoms with Gasteiger partial charge in [0.2, 0.25) is 5.27 Å². The molecule has 2 aliphatic heterocycles. The maximum absolute atomic E-state index is 13.5. The SMILES string of the molecule is COc1cccc(/C=C2/N=C(SC/C([O-])=N/c3c[n+](N4CCCCC4)no3)N(c3ccccc3)C2=O)c1OC. The van der Waals surface area contributed by atoms with Gasteiger partial charge in [0.05, 0.1) is 37.8 Å². The third kappa shape index (κ3) is 5.90. The summed E-state index contributed by atoms with van der Waals surface area (Å²) in [5.74, 6) is 0.354. The number of aliphatic imine (C=N–C) groups is 2. The first-order valence-corrected chi connectivity index (χ1v) is 13.5. The van der Waals surface area contributed by atoms with Gasteiger partial charge in [-0.15, -0.1) is 0 Å². The molecular weight excluding hydrogens is 520 g/mol. The number of carbonyl (C=O) groups excluding carboxylic acids is 1. The van der Waals surface area contributed by atoms with Gasteiger partial charge in [-0.05, 0) is 49.4 Å². The zero-order valence-electron chi connectivity index (χ0n) is 21.6. The zero-order chi connectivity index (χ0) is 27.2. The minimum Gasteiger partial charge on any atom is -0.861 e. The highest BCUT2D eigenvalue weighted by molar-refractivity contribution is 8.14. The van der Waals surface area contributed by atoms with Crippen molar-refractivity contribution in [2.45, 2.75) is 19.3 Å². The van der Waals surface area contributed by atoms with E-state index in [9.17, 15) is 9.90 Å². The molecule has 0 N–H and O–H groups in total. The average molecular weight is 549 g/mol. The summed E-state index contributed by atoms with van der Waals surface area (Å²) in [6.07, 6.45) is 6.61. The van der Waals surface area contributed by atoms with Crippen molar-refractivity contribution in [3.8, 4) is 11.5 Å². The molecule has 2 aromatic carbocycles. The lowest BCUT2D eigenvalue weighted by Gasteiger charge is -2.18. The number of anilines is 1. The molecule has 0 unspecified atom stereocenters. The fraction of sp³-hybridized carbons (Fsp3) is 0.296. The molecule has 0 atom stereocenters. The summed E-state index contributed by atoms with van der Waals surface area (Å²) < 4.78 is 16.1. The topological polar surface area (TPSA) is 120 Å². The summed E-state index contributed by atoms with van der Waals surface area (Å²) in [6, 6.07) is 14.5. The Kier molecular flexibility index (Phi) is 8.11. The smallest absolute Gasteiger partial charge is 0.324 e. The van der Waals surface area contributed by atoms with Gasteiger partial charge in [0.25, 0.3) is 12.1 Å². The van der Waals surface area contributed by atoms with Crippen LogP contribution in [0, 0.1) is 0 Å². The number of nitrogens with zero attached hydrogens (tertiary/aromatic N) is 6. The molecule has 1 amide bonds. The number of benzene rings is 2. The van der Waals surface area contributed by atoms with E-state index in [-0.39, 0.29) is 23.2 Å². The first kappa shape index (κ1) is 26.3. The van der Waals surface area contributed by atoms with Crippen LogP contribution in [0.25, 0.3) is 6.08 Å². The molecule has 0 spiro atoms. The molecule has 1 aromatic heterocycles. The molecule has 0 radical (unpaired) electrons. The molecule has 3 aromatic rings. The van der Waals surface area contributed by atoms with Gasteiger partial charge < -0.3 is 14.6 Å². The minimum absolute atomic E-state index is 0.0460. The van der Waals surface area contributed by atoms with Gasteiger partial charge in [0.15, 0.2) is 16.7 Å². The van der Waals surface area contributed by atoms with Crippen LogP contribution in [0.4, 0.5) is 11.6 Å². The Morgan fingerprint density at radius 1 is 1.13 bits per heavy atom. The van der Waals surface area contributed by atoms with Gasteiger partial charge in [0, 0.05) is 11.3 Å². The van der Waals surface area contributed by atoms with Gasteiger partial charge in [-0.25, -0.2) is 9.98 Å². The Bertz CT molecular complexity index is 1420. The lowest BCUT2D eigenvalue weighted by atomic mass is 10.1. The summed E-state index contributed by atoms with van der Waals surface area (Å²) in [5.41, 5.74) is 1.48. The molecule has 11 nitrogen and oxygen atoms in total. The number of rotatable bonds is 8. The van der Waals surface area contributed by atoms with Crippen molar-refractivity contribution in [3.05, 3.63) is 66.0 Å². The van der Waals surface area contributed by atoms with Crippen molar-refractivity contribution in [2.24, 2.45) is 9.98 Å². The number of amidine groups is 1. The molecule has 0 aliphatic carbocycles. The number of hydrogen-bond acceptors (Lipinski definition) is 10. The largest absolute Gasteiger partial charge is 0.861 e. The number of hydrogen-bond donors (Lipinski definition) is 0. The highest BCUT2D eigenvalue weighted by atomic mass is 32.2. The number of piperidine rings is 1. The molecule has 0 saturated carbocycles. The van der Waals surface area contributed by atoms with Crippen molar-refractivity contribution < 1.29 is 28.7 Å². The number of amides is 1. The van der Waals surface area contributed by atoms with Crippen LogP contribution in [0.1, 0.15) is 24.8 Å². The average Bonchev–Trinajstić information content (AvgIpc) is 3.56. The molecular formula is C27H28N6O5S. The number of methoxy groups -OCH3 is 2. The van der Waals surface area contributed by atoms with Crippen molar-refractivity contribution in [2.75, 3.05) is 43.0 Å². The molecule has 202 valence electrons. The second kappa shape index (κ2) is 12.0. The van der Waals surface area contributed by atoms with Crippen LogP contribution in [0.2, 0.25) is 0 Å². The Balaban J connectivity index is 1.38. The van der Waals surface area contributed by atoms with E-state index in [1.807, 2.05) is 41.4 Å². The molecule has 12 heteroatoms. The van der Waals surface area contributed by atoms with E-state index < -0.39 is 5.90 Å². The predicted octanol–water partition coefficient (Wildman–Crippen LogP) is 2.67. The van der Waals surface area contributed by atoms with Crippen LogP contribution >= 0.6 is 11.8 Å². The fourth-order valence-electron chi connectivity index (χ4n) is 4.35. The first-order valence-electron chi connectivity index (χ1n) is 12.5. The van der Waals surface area contributed by atoms with E-state index in [2.05, 4.69) is 15.3 Å². The van der Waals surface area contributed by atoms with E-state index >= 15 is 0 Å². The maximum atomic E-state index is 13.5. The lowest BCUT2D eigenvalue weighted by Crippen LogP contribution is -2.60. The standard InChI is InChI=1S/C27H28N6O5S/c1-36-22-13-9-10-19(25(22)37-2)16-21-26(35)33(20-11-5-3-6-12-20)27(28-21)39-18-23(34)29-24-17-32(30-38-24)31-14-7-4-8-15-31/h3,5-6,9-13,16-17H,4,7-8,14-15,18H2,1-2H3/b21-16+. The van der Waals surface area contributed by atoms with E-state index in [1.54, 1.807) is 36.3 Å². The van der Waals surface area contributed by atoms with Crippen LogP contribution in [-0.4, -0.2) is 55.3 Å². The van der Waals surface area contributed by atoms with Gasteiger partial charge in [-0.3, -0.25) is 14.2 Å². The van der Waals surface area contributed by atoms with Crippen molar-refractivity contribution in [1.29, 1.82) is 0 Å². The summed E-state index contributed by atoms with van der Waals surface area (Å²) in [6.45, 7) is 1.75. The van der Waals surface area contributed by atoms with Crippen LogP contribution in [0.3, 0.4) is 0 Å². The number of para-hydroxylation sites is 2. The van der Waals surface area contributed by atoms with Gasteiger partial charge in [-0.2, -0.15) is 5.01 Å². The Labute approximate surface area is 230 Å². The fourth-order valence-corrected chi connectivity index (χ4v) is 5.14. The number of aromatic nitrogens is 2. The highest BCUT2D eigenvalue weighted by Crippen LogP contribution is 2.35. The normalized spacial score (nSPS) is 17.1. The Morgan fingerprint density at radius 3 is 2.67 bits per heavy atom. The van der Waals surface area contributed by atoms with Crippen molar-refractivity contribution in [3.63, 3.8) is 0 Å². The summed E-state index contributed by atoms with van der Waals surface area (Å²) in [7, 11) is 3.09. The highest BCUT2D eigenvalue weighted by Gasteiger charge is 2.32. The second-order valence-electron chi connectivity index (χ2n) is 8.75. The molecule has 5 rings (SSSR count). The zero-order valence-corrected chi connectivity index (χ0v) is 22.5. The van der Waals surface area contributed by atoms with Crippen LogP contribution < -0.4 is 29.3 Å². The summed E-state index contributed by atoms with van der Waals surface area (Å²) in [4.78, 5) is 25.2. The van der Waals surface area contributed by atoms with E-state index in [0.29, 0.717) is 27.9 Å². The Morgan fingerprint density at radius 2 is 1.92 bits per heavy atom. The van der Waals surface area contributed by atoms with Crippen LogP contribution in [0.15, 0.2) is 74.9 Å². The quantitative estimate of drug-likeness (QED) is 0.182. The van der Waals surface area contributed by atoms with E-state index in [4.69, 9.17) is 14.0 Å². The molecule has 1 fully saturated rings. The van der Waals surface area contributed by atoms with Crippen molar-refractivity contribution in [1.82, 2.24) is 5.27 Å². The van der Waals surface area contributed by atoms with Gasteiger partial charge in [0.1, 0.15) is 5.70 Å². The van der Waals surface area contributed by atoms with E-state index in [1.165, 1.54) is 18.4 Å². The van der Waals surface area contributed by atoms with Crippen LogP contribution in [0.5, 0.6) is 11.5 Å². The minimum atomic E-state index is -0.433. The third-order valence-electron chi connectivity index (χ3n) is 6.20. The summed E-state index contributed by atoms with van der Waals surface area (Å²) >= 11 is 1.12. The Hall–Kier alpha value is -4.32. The molecule has 0 bridgehead atoms. The van der Waals surface area contributed by atoms with Crippen molar-refractivity contribution >= 4 is 46.4 Å². The lowest BCUT2D eigenvalue weighted by molar-refractivity contribution is -0.759. The molecule has 3 heterocycles. The number of thioether (sulfide) groups is 1. The predicted molar refractivity (Wildman–Crippen MR) is 147 cm³/mol. The maximum Gasteiger partial charge on any atom is 0.324 e. The van der Waals surface area contributed by atoms with Crippen LogP contribution in [-0.2, 0) is 4.79 Å². The molecule has 2 aliphatic rings. The molecule has 1 saturated heterocycles. The summed E-state index contributed by atoms with van der Waals surface area (Å²) in [5, 5.41) is 19.1. The second-order valence-corrected chi connectivity index (χ2v) is 9.69. The number of ether oxygens (including phenoxy) is 2. The number of carbonyl (C=O) groups is 1. The first-order chi connectivity index (χ1) is 19.1. The van der Waals surface area contributed by atoms with E-state index in [0.717, 1.165) is 37.7 Å². The van der Waals surface area contributed by atoms with Gasteiger partial charge >= 0.3 is 5.88 Å². The van der Waals surface area contributed by atoms with Gasteiger partial charge in [-0.1, -0.05) is 42.1 Å².